The first-order valence-corrected chi connectivity index (χ1v) is 4.38. The smallest absolute Gasteiger partial charge is 0.134 e. The van der Waals surface area contributed by atoms with Gasteiger partial charge in [-0.05, 0) is 13.3 Å². The standard InChI is InChI=1S/C7H14ClN3/c1-3-5-7-10(8)6-9-11(7)4-2/h6-7H,3-5H2,1-2H3. The summed E-state index contributed by atoms with van der Waals surface area (Å²) in [5, 5.41) is 6.13. The molecular weight excluding hydrogens is 162 g/mol. The van der Waals surface area contributed by atoms with Gasteiger partial charge in [0.25, 0.3) is 0 Å². The van der Waals surface area contributed by atoms with Gasteiger partial charge < -0.3 is 0 Å². The van der Waals surface area contributed by atoms with E-state index in [4.69, 9.17) is 11.8 Å². The Morgan fingerprint density at radius 3 is 2.82 bits per heavy atom. The van der Waals surface area contributed by atoms with Gasteiger partial charge >= 0.3 is 0 Å². The number of hydrazone groups is 1. The lowest BCUT2D eigenvalue weighted by Gasteiger charge is -2.24. The molecule has 11 heavy (non-hydrogen) atoms. The highest BCUT2D eigenvalue weighted by atomic mass is 35.5. The molecule has 0 spiro atoms. The van der Waals surface area contributed by atoms with E-state index in [0.29, 0.717) is 0 Å². The van der Waals surface area contributed by atoms with Crippen molar-refractivity contribution < 1.29 is 0 Å². The summed E-state index contributed by atoms with van der Waals surface area (Å²) in [6, 6.07) is 0. The van der Waals surface area contributed by atoms with Crippen LogP contribution >= 0.6 is 11.8 Å². The van der Waals surface area contributed by atoms with Gasteiger partial charge in [0, 0.05) is 18.3 Å². The third-order valence-corrected chi connectivity index (χ3v) is 2.12. The summed E-state index contributed by atoms with van der Waals surface area (Å²) in [6.07, 6.45) is 4.14. The summed E-state index contributed by atoms with van der Waals surface area (Å²) < 4.78 is 1.65. The second kappa shape index (κ2) is 3.81. The van der Waals surface area contributed by atoms with Gasteiger partial charge in [0.15, 0.2) is 0 Å². The molecule has 64 valence electrons. The van der Waals surface area contributed by atoms with Gasteiger partial charge in [-0.2, -0.15) is 5.10 Å². The number of nitrogens with zero attached hydrogens (tertiary/aromatic N) is 3. The highest BCUT2D eigenvalue weighted by Gasteiger charge is 2.24. The Morgan fingerprint density at radius 1 is 1.55 bits per heavy atom. The normalized spacial score (nSPS) is 23.4. The van der Waals surface area contributed by atoms with Gasteiger partial charge in [-0.3, -0.25) is 5.01 Å². The van der Waals surface area contributed by atoms with Crippen molar-refractivity contribution in [1.82, 2.24) is 9.43 Å². The molecule has 1 heterocycles. The summed E-state index contributed by atoms with van der Waals surface area (Å²) >= 11 is 5.87. The molecule has 0 radical (unpaired) electrons. The second-order valence-corrected chi connectivity index (χ2v) is 2.99. The third kappa shape index (κ3) is 1.77. The van der Waals surface area contributed by atoms with Gasteiger partial charge in [-0.25, -0.2) is 4.42 Å². The van der Waals surface area contributed by atoms with Crippen LogP contribution in [0.25, 0.3) is 0 Å². The molecule has 1 rings (SSSR count). The Balaban J connectivity index is 2.47. The van der Waals surface area contributed by atoms with E-state index in [1.165, 1.54) is 0 Å². The fraction of sp³-hybridized carbons (Fsp3) is 0.857. The van der Waals surface area contributed by atoms with E-state index >= 15 is 0 Å². The second-order valence-electron chi connectivity index (χ2n) is 2.60. The molecule has 0 amide bonds. The van der Waals surface area contributed by atoms with E-state index in [2.05, 4.69) is 18.9 Å². The van der Waals surface area contributed by atoms with Gasteiger partial charge in [0.05, 0.1) is 0 Å². The van der Waals surface area contributed by atoms with Crippen LogP contribution in [0.15, 0.2) is 5.10 Å². The fourth-order valence-corrected chi connectivity index (χ4v) is 1.46. The zero-order chi connectivity index (χ0) is 8.27. The highest BCUT2D eigenvalue weighted by molar-refractivity contribution is 6.19. The molecule has 4 heteroatoms. The molecule has 1 aliphatic rings. The maximum Gasteiger partial charge on any atom is 0.134 e. The summed E-state index contributed by atoms with van der Waals surface area (Å²) in [4.78, 5) is 0. The van der Waals surface area contributed by atoms with Crippen LogP contribution in [-0.4, -0.2) is 28.5 Å². The zero-order valence-electron chi connectivity index (χ0n) is 7.00. The van der Waals surface area contributed by atoms with Crippen molar-refractivity contribution in [2.24, 2.45) is 5.10 Å². The van der Waals surface area contributed by atoms with E-state index < -0.39 is 0 Å². The van der Waals surface area contributed by atoms with Crippen LogP contribution in [-0.2, 0) is 0 Å². The molecule has 0 saturated carbocycles. The van der Waals surface area contributed by atoms with Crippen LogP contribution in [0.3, 0.4) is 0 Å². The lowest BCUT2D eigenvalue weighted by Crippen LogP contribution is -2.34. The van der Waals surface area contributed by atoms with Crippen molar-refractivity contribution in [1.29, 1.82) is 0 Å². The van der Waals surface area contributed by atoms with Crippen LogP contribution in [0.1, 0.15) is 26.7 Å². The van der Waals surface area contributed by atoms with Crippen molar-refractivity contribution in [3.8, 4) is 0 Å². The monoisotopic (exact) mass is 175 g/mol. The van der Waals surface area contributed by atoms with Crippen LogP contribution < -0.4 is 0 Å². The maximum atomic E-state index is 5.87. The molecule has 0 aliphatic carbocycles. The molecule has 0 saturated heterocycles. The average molecular weight is 176 g/mol. The Bertz CT molecular complexity index is 149. The molecule has 1 unspecified atom stereocenters. The molecule has 0 aromatic heterocycles. The first-order chi connectivity index (χ1) is 5.29. The molecular formula is C7H14ClN3. The van der Waals surface area contributed by atoms with E-state index in [1.807, 2.05) is 5.01 Å². The van der Waals surface area contributed by atoms with Gasteiger partial charge in [0.2, 0.25) is 0 Å². The topological polar surface area (TPSA) is 18.8 Å². The number of halogens is 1. The molecule has 0 fully saturated rings. The summed E-state index contributed by atoms with van der Waals surface area (Å²) in [5.41, 5.74) is 0. The van der Waals surface area contributed by atoms with Gasteiger partial charge in [-0.15, -0.1) is 0 Å². The third-order valence-electron chi connectivity index (χ3n) is 1.81. The molecule has 1 aliphatic heterocycles. The van der Waals surface area contributed by atoms with Crippen molar-refractivity contribution in [2.45, 2.75) is 32.9 Å². The number of hydrogen-bond acceptors (Lipinski definition) is 3. The molecule has 0 N–H and O–H groups in total. The minimum absolute atomic E-state index is 0.270. The van der Waals surface area contributed by atoms with Gasteiger partial charge in [-0.1, -0.05) is 13.3 Å². The van der Waals surface area contributed by atoms with Crippen molar-refractivity contribution in [2.75, 3.05) is 6.54 Å². The highest BCUT2D eigenvalue weighted by Crippen LogP contribution is 2.18. The predicted octanol–water partition coefficient (Wildman–Crippen LogP) is 1.85. The van der Waals surface area contributed by atoms with E-state index in [9.17, 15) is 0 Å². The Morgan fingerprint density at radius 2 is 2.27 bits per heavy atom. The van der Waals surface area contributed by atoms with Crippen molar-refractivity contribution in [3.05, 3.63) is 0 Å². The molecule has 0 aromatic carbocycles. The first-order valence-electron chi connectivity index (χ1n) is 4.04. The van der Waals surface area contributed by atoms with Crippen LogP contribution in [0.4, 0.5) is 0 Å². The number of hydrogen-bond donors (Lipinski definition) is 0. The quantitative estimate of drug-likeness (QED) is 0.610. The maximum absolute atomic E-state index is 5.87. The molecule has 1 atom stereocenters. The molecule has 3 nitrogen and oxygen atoms in total. The van der Waals surface area contributed by atoms with Crippen LogP contribution in [0.2, 0.25) is 0 Å². The van der Waals surface area contributed by atoms with Crippen LogP contribution in [0, 0.1) is 0 Å². The molecule has 0 bridgehead atoms. The largest absolute Gasteiger partial charge is 0.272 e. The Kier molecular flexibility index (Phi) is 3.00. The first kappa shape index (κ1) is 8.65. The minimum atomic E-state index is 0.270. The Hall–Kier alpha value is -0.440. The lowest BCUT2D eigenvalue weighted by molar-refractivity contribution is 0.173. The SMILES string of the molecule is CCCC1N(Cl)C=NN1CC. The van der Waals surface area contributed by atoms with E-state index in [-0.39, 0.29) is 6.17 Å². The average Bonchev–Trinajstić information content (AvgIpc) is 2.34. The summed E-state index contributed by atoms with van der Waals surface area (Å²) in [7, 11) is 0. The fourth-order valence-electron chi connectivity index (χ4n) is 1.22. The predicted molar refractivity (Wildman–Crippen MR) is 47.3 cm³/mol. The van der Waals surface area contributed by atoms with Gasteiger partial charge in [0.1, 0.15) is 12.5 Å². The van der Waals surface area contributed by atoms with Crippen molar-refractivity contribution in [3.63, 3.8) is 0 Å². The summed E-state index contributed by atoms with van der Waals surface area (Å²) in [5.74, 6) is 0. The Labute approximate surface area is 72.7 Å². The summed E-state index contributed by atoms with van der Waals surface area (Å²) in [6.45, 7) is 5.15. The van der Waals surface area contributed by atoms with E-state index in [0.717, 1.165) is 19.4 Å². The zero-order valence-corrected chi connectivity index (χ0v) is 7.75. The lowest BCUT2D eigenvalue weighted by atomic mass is 10.3. The number of rotatable bonds is 3. The molecule has 0 aromatic rings. The van der Waals surface area contributed by atoms with Crippen LogP contribution in [0.5, 0.6) is 0 Å². The minimum Gasteiger partial charge on any atom is -0.272 e. The van der Waals surface area contributed by atoms with Crippen molar-refractivity contribution >= 4 is 18.1 Å². The van der Waals surface area contributed by atoms with E-state index in [1.54, 1.807) is 10.8 Å².